The van der Waals surface area contributed by atoms with Crippen LogP contribution in [-0.4, -0.2) is 0 Å². The Bertz CT molecular complexity index is 172. The lowest BCUT2D eigenvalue weighted by Gasteiger charge is -2.15. The number of allylic oxidation sites excluding steroid dienone is 2. The molecule has 0 aromatic rings. The second-order valence-electron chi connectivity index (χ2n) is 5.17. The quantitative estimate of drug-likeness (QED) is 0.395. The lowest BCUT2D eigenvalue weighted by Crippen LogP contribution is -1.99. The van der Waals surface area contributed by atoms with Gasteiger partial charge in [-0.3, -0.25) is 0 Å². The predicted octanol–water partition coefficient (Wildman–Crippen LogP) is 8.03. The molecule has 0 amide bonds. The summed E-state index contributed by atoms with van der Waals surface area (Å²) in [4.78, 5) is 0. The lowest BCUT2D eigenvalue weighted by molar-refractivity contribution is 0.385. The Morgan fingerprint density at radius 3 is 1.35 bits per heavy atom. The van der Waals surface area contributed by atoms with Gasteiger partial charge in [0.25, 0.3) is 0 Å². The third kappa shape index (κ3) is 15.8. The molecule has 0 N–H and O–H groups in total. The Hall–Kier alpha value is -0.260. The maximum Gasteiger partial charge on any atom is -0.0231 e. The topological polar surface area (TPSA) is 0 Å². The van der Waals surface area contributed by atoms with Crippen molar-refractivity contribution in [3.05, 3.63) is 11.6 Å². The van der Waals surface area contributed by atoms with Crippen molar-refractivity contribution in [2.24, 2.45) is 11.8 Å². The summed E-state index contributed by atoms with van der Waals surface area (Å²) in [6.45, 7) is 18.9. The highest BCUT2D eigenvalue weighted by atomic mass is 14.1. The van der Waals surface area contributed by atoms with Gasteiger partial charge in [0.05, 0.1) is 0 Å². The first-order valence-corrected chi connectivity index (χ1v) is 9.37. The fourth-order valence-corrected chi connectivity index (χ4v) is 2.30. The van der Waals surface area contributed by atoms with E-state index in [0.29, 0.717) is 0 Å². The van der Waals surface area contributed by atoms with Gasteiger partial charge in [-0.2, -0.15) is 0 Å². The van der Waals surface area contributed by atoms with Gasteiger partial charge in [0, 0.05) is 0 Å². The molecule has 0 spiro atoms. The third-order valence-electron chi connectivity index (χ3n) is 3.74. The van der Waals surface area contributed by atoms with Crippen LogP contribution >= 0.6 is 0 Å². The van der Waals surface area contributed by atoms with Gasteiger partial charge in [0.2, 0.25) is 0 Å². The van der Waals surface area contributed by atoms with E-state index in [1.165, 1.54) is 44.9 Å². The fourth-order valence-electron chi connectivity index (χ4n) is 2.30. The molecule has 0 heteroatoms. The zero-order chi connectivity index (χ0) is 16.4. The average molecular weight is 285 g/mol. The Morgan fingerprint density at radius 1 is 0.750 bits per heavy atom. The maximum absolute atomic E-state index is 2.36. The van der Waals surface area contributed by atoms with Gasteiger partial charge < -0.3 is 0 Å². The highest BCUT2D eigenvalue weighted by Crippen LogP contribution is 2.23. The molecule has 0 aliphatic heterocycles. The Morgan fingerprint density at radius 2 is 1.20 bits per heavy atom. The van der Waals surface area contributed by atoms with Crippen LogP contribution in [0.3, 0.4) is 0 Å². The van der Waals surface area contributed by atoms with E-state index in [0.717, 1.165) is 11.8 Å². The van der Waals surface area contributed by atoms with Gasteiger partial charge in [0.15, 0.2) is 0 Å². The Kier molecular flexibility index (Phi) is 26.0. The van der Waals surface area contributed by atoms with Crippen molar-refractivity contribution in [2.75, 3.05) is 0 Å². The molecule has 0 bridgehead atoms. The van der Waals surface area contributed by atoms with Gasteiger partial charge >= 0.3 is 0 Å². The molecule has 0 aromatic carbocycles. The molecule has 20 heavy (non-hydrogen) atoms. The summed E-state index contributed by atoms with van der Waals surface area (Å²) in [5.41, 5.74) is 1.58. The average Bonchev–Trinajstić information content (AvgIpc) is 2.90. The number of hydrogen-bond acceptors (Lipinski definition) is 0. The Balaban J connectivity index is -0.000000211. The van der Waals surface area contributed by atoms with E-state index in [2.05, 4.69) is 26.8 Å². The van der Waals surface area contributed by atoms with Gasteiger partial charge in [0.1, 0.15) is 0 Å². The van der Waals surface area contributed by atoms with E-state index >= 15 is 0 Å². The molecule has 1 saturated carbocycles. The molecule has 1 atom stereocenters. The summed E-state index contributed by atoms with van der Waals surface area (Å²) in [5.74, 6) is 1.91. The predicted molar refractivity (Wildman–Crippen MR) is 98.4 cm³/mol. The second-order valence-corrected chi connectivity index (χ2v) is 5.17. The lowest BCUT2D eigenvalue weighted by atomic mass is 9.91. The minimum Gasteiger partial charge on any atom is -0.0853 e. The van der Waals surface area contributed by atoms with Gasteiger partial charge in [-0.05, 0) is 31.6 Å². The van der Waals surface area contributed by atoms with Crippen LogP contribution in [-0.2, 0) is 0 Å². The SMILES string of the molecule is CC.CC.CC.CC1=CCCC1C.CC1CCCCC1. The van der Waals surface area contributed by atoms with E-state index in [9.17, 15) is 0 Å². The van der Waals surface area contributed by atoms with Crippen LogP contribution in [0.15, 0.2) is 11.6 Å². The van der Waals surface area contributed by atoms with Gasteiger partial charge in [-0.15, -0.1) is 0 Å². The molecular formula is C20H44. The summed E-state index contributed by atoms with van der Waals surface area (Å²) in [5, 5.41) is 0. The van der Waals surface area contributed by atoms with Crippen molar-refractivity contribution in [1.29, 1.82) is 0 Å². The van der Waals surface area contributed by atoms with Crippen molar-refractivity contribution in [3.8, 4) is 0 Å². The Labute approximate surface area is 131 Å². The van der Waals surface area contributed by atoms with Crippen molar-refractivity contribution < 1.29 is 0 Å². The zero-order valence-corrected chi connectivity index (χ0v) is 16.2. The van der Waals surface area contributed by atoms with E-state index in [1.807, 2.05) is 41.5 Å². The molecule has 0 heterocycles. The first-order valence-electron chi connectivity index (χ1n) is 9.37. The van der Waals surface area contributed by atoms with Crippen LogP contribution in [0.2, 0.25) is 0 Å². The summed E-state index contributed by atoms with van der Waals surface area (Å²) in [6, 6.07) is 0. The molecule has 1 fully saturated rings. The highest BCUT2D eigenvalue weighted by molar-refractivity contribution is 5.07. The van der Waals surface area contributed by atoms with Crippen molar-refractivity contribution >= 4 is 0 Å². The van der Waals surface area contributed by atoms with Crippen molar-refractivity contribution in [3.63, 3.8) is 0 Å². The number of hydrogen-bond donors (Lipinski definition) is 0. The molecular weight excluding hydrogens is 240 g/mol. The van der Waals surface area contributed by atoms with E-state index < -0.39 is 0 Å². The van der Waals surface area contributed by atoms with Crippen LogP contribution in [0, 0.1) is 11.8 Å². The minimum atomic E-state index is 0.875. The van der Waals surface area contributed by atoms with Gasteiger partial charge in [-0.1, -0.05) is 99.1 Å². The molecule has 2 aliphatic rings. The van der Waals surface area contributed by atoms with Crippen LogP contribution < -0.4 is 0 Å². The fraction of sp³-hybridized carbons (Fsp3) is 0.900. The summed E-state index contributed by atoms with van der Waals surface area (Å²) in [6.07, 6.45) is 12.5. The third-order valence-corrected chi connectivity index (χ3v) is 3.74. The molecule has 2 aliphatic carbocycles. The first-order chi connectivity index (χ1) is 9.70. The maximum atomic E-state index is 2.36. The van der Waals surface area contributed by atoms with E-state index in [-0.39, 0.29) is 0 Å². The van der Waals surface area contributed by atoms with Crippen molar-refractivity contribution in [1.82, 2.24) is 0 Å². The second kappa shape index (κ2) is 21.0. The van der Waals surface area contributed by atoms with Crippen LogP contribution in [0.1, 0.15) is 107 Å². The molecule has 0 saturated heterocycles. The summed E-state index contributed by atoms with van der Waals surface area (Å²) >= 11 is 0. The highest BCUT2D eigenvalue weighted by Gasteiger charge is 2.07. The van der Waals surface area contributed by atoms with Crippen LogP contribution in [0.5, 0.6) is 0 Å². The smallest absolute Gasteiger partial charge is 0.0231 e. The number of rotatable bonds is 0. The normalized spacial score (nSPS) is 20.4. The standard InChI is InChI=1S/C7H12.C7H14.3C2H6/c1-6-4-3-5-7(6)2;1-7-5-3-2-4-6-7;3*1-2/h4,7H,3,5H2,1-2H3;7H,2-6H2,1H3;3*1-2H3. The van der Waals surface area contributed by atoms with E-state index in [4.69, 9.17) is 0 Å². The largest absolute Gasteiger partial charge is 0.0853 e. The molecule has 0 nitrogen and oxygen atoms in total. The van der Waals surface area contributed by atoms with Gasteiger partial charge in [-0.25, -0.2) is 0 Å². The molecule has 1 unspecified atom stereocenters. The van der Waals surface area contributed by atoms with Crippen molar-refractivity contribution in [2.45, 2.75) is 107 Å². The minimum absolute atomic E-state index is 0.875. The molecule has 124 valence electrons. The monoisotopic (exact) mass is 284 g/mol. The summed E-state index contributed by atoms with van der Waals surface area (Å²) in [7, 11) is 0. The zero-order valence-electron chi connectivity index (χ0n) is 16.2. The van der Waals surface area contributed by atoms with E-state index in [1.54, 1.807) is 5.57 Å². The van der Waals surface area contributed by atoms with Crippen LogP contribution in [0.25, 0.3) is 0 Å². The molecule has 0 radical (unpaired) electrons. The molecule has 0 aromatic heterocycles. The summed E-state index contributed by atoms with van der Waals surface area (Å²) < 4.78 is 0. The molecule has 2 rings (SSSR count). The first kappa shape index (κ1) is 24.7. The van der Waals surface area contributed by atoms with Crippen LogP contribution in [0.4, 0.5) is 0 Å².